The van der Waals surface area contributed by atoms with E-state index in [-0.39, 0.29) is 16.9 Å². The van der Waals surface area contributed by atoms with E-state index in [1.807, 2.05) is 6.92 Å². The van der Waals surface area contributed by atoms with Crippen LogP contribution in [0.4, 0.5) is 13.2 Å². The first-order chi connectivity index (χ1) is 14.8. The zero-order valence-electron chi connectivity index (χ0n) is 19.1. The number of alkyl halides is 3. The lowest BCUT2D eigenvalue weighted by molar-refractivity contribution is -0.137. The van der Waals surface area contributed by atoms with Crippen LogP contribution in [0.15, 0.2) is 24.3 Å². The smallest absolute Gasteiger partial charge is 0.391 e. The Morgan fingerprint density at radius 3 is 2.56 bits per heavy atom. The van der Waals surface area contributed by atoms with Gasteiger partial charge in [-0.05, 0) is 36.5 Å². The highest BCUT2D eigenvalue weighted by molar-refractivity contribution is 5.98. The molecule has 0 radical (unpaired) electrons. The zero-order chi connectivity index (χ0) is 24.1. The lowest BCUT2D eigenvalue weighted by Crippen LogP contribution is -2.53. The average molecular weight is 458 g/mol. The van der Waals surface area contributed by atoms with Gasteiger partial charge < -0.3 is 20.6 Å². The van der Waals surface area contributed by atoms with Gasteiger partial charge in [0.05, 0.1) is 17.7 Å². The molecule has 6 nitrogen and oxygen atoms in total. The van der Waals surface area contributed by atoms with Crippen LogP contribution in [-0.2, 0) is 11.0 Å². The van der Waals surface area contributed by atoms with Crippen LogP contribution in [0.25, 0.3) is 0 Å². The molecule has 1 aromatic carbocycles. The van der Waals surface area contributed by atoms with Crippen LogP contribution in [0, 0.1) is 5.41 Å². The van der Waals surface area contributed by atoms with Gasteiger partial charge in [0.2, 0.25) is 5.91 Å². The van der Waals surface area contributed by atoms with E-state index in [4.69, 9.17) is 0 Å². The maximum absolute atomic E-state index is 13.0. The number of carbonyl (C=O) groups excluding carboxylic acids is 2. The number of amides is 2. The molecule has 1 fully saturated rings. The number of benzene rings is 1. The number of hydrogen-bond donors (Lipinski definition) is 3. The second kappa shape index (κ2) is 10.7. The summed E-state index contributed by atoms with van der Waals surface area (Å²) in [6, 6.07) is 2.83. The molecular formula is C23H34F3N3O3. The van der Waals surface area contributed by atoms with E-state index in [2.05, 4.69) is 31.4 Å². The molecule has 0 unspecified atom stereocenters. The van der Waals surface area contributed by atoms with Crippen molar-refractivity contribution < 1.29 is 27.9 Å². The Morgan fingerprint density at radius 1 is 1.28 bits per heavy atom. The fraction of sp³-hybridized carbons (Fsp3) is 0.652. The van der Waals surface area contributed by atoms with Crippen molar-refractivity contribution in [2.24, 2.45) is 5.41 Å². The molecule has 0 saturated carbocycles. The molecule has 1 aliphatic rings. The Hall–Kier alpha value is -2.13. The number of nitrogens with one attached hydrogen (secondary N) is 2. The maximum Gasteiger partial charge on any atom is 0.416 e. The van der Waals surface area contributed by atoms with Gasteiger partial charge in [-0.1, -0.05) is 40.2 Å². The number of hydrogen-bond acceptors (Lipinski definition) is 4. The van der Waals surface area contributed by atoms with Gasteiger partial charge in [-0.15, -0.1) is 0 Å². The lowest BCUT2D eigenvalue weighted by Gasteiger charge is -2.33. The van der Waals surface area contributed by atoms with Gasteiger partial charge in [-0.25, -0.2) is 0 Å². The number of aliphatic hydroxyl groups excluding tert-OH is 1. The predicted octanol–water partition coefficient (Wildman–Crippen LogP) is 3.20. The molecule has 2 amide bonds. The second-order valence-corrected chi connectivity index (χ2v) is 9.54. The molecule has 1 aromatic rings. The summed E-state index contributed by atoms with van der Waals surface area (Å²) in [5.74, 6) is -1.06. The van der Waals surface area contributed by atoms with Crippen molar-refractivity contribution in [3.05, 3.63) is 35.4 Å². The highest BCUT2D eigenvalue weighted by atomic mass is 19.4. The first-order valence-electron chi connectivity index (χ1n) is 11.0. The Balaban J connectivity index is 2.07. The molecule has 0 aliphatic carbocycles. The van der Waals surface area contributed by atoms with Crippen LogP contribution in [-0.4, -0.2) is 59.6 Å². The number of nitrogens with zero attached hydrogens (tertiary/aromatic N) is 1. The standard InChI is InChI=1S/C23H34F3N3O3/c1-5-7-19(30)18(13-27-14-22(2,3)4)29-11-10-17(21(29)32)28-20(31)15-8-6-9-16(12-15)23(24,25)26/h6,8-9,12,17-19,27,30H,5,7,10-11,13-14H2,1-4H3,(H,28,31)/t17-,18-,19-/m0/s1. The van der Waals surface area contributed by atoms with Gasteiger partial charge in [0.15, 0.2) is 0 Å². The van der Waals surface area contributed by atoms with Gasteiger partial charge in [0.1, 0.15) is 6.04 Å². The third-order valence-electron chi connectivity index (χ3n) is 5.43. The van der Waals surface area contributed by atoms with Crippen molar-refractivity contribution in [3.8, 4) is 0 Å². The fourth-order valence-corrected chi connectivity index (χ4v) is 3.78. The monoisotopic (exact) mass is 457 g/mol. The lowest BCUT2D eigenvalue weighted by atomic mass is 9.96. The van der Waals surface area contributed by atoms with Crippen molar-refractivity contribution in [1.29, 1.82) is 0 Å². The van der Waals surface area contributed by atoms with Crippen LogP contribution in [0.2, 0.25) is 0 Å². The molecule has 32 heavy (non-hydrogen) atoms. The molecule has 2 rings (SSSR count). The molecule has 1 aliphatic heterocycles. The topological polar surface area (TPSA) is 81.7 Å². The molecule has 0 bridgehead atoms. The van der Waals surface area contributed by atoms with Crippen molar-refractivity contribution in [3.63, 3.8) is 0 Å². The third kappa shape index (κ3) is 7.20. The molecule has 0 spiro atoms. The van der Waals surface area contributed by atoms with Crippen molar-refractivity contribution >= 4 is 11.8 Å². The van der Waals surface area contributed by atoms with E-state index >= 15 is 0 Å². The van der Waals surface area contributed by atoms with Crippen molar-refractivity contribution in [2.45, 2.75) is 71.3 Å². The fourth-order valence-electron chi connectivity index (χ4n) is 3.78. The van der Waals surface area contributed by atoms with Crippen LogP contribution in [0.3, 0.4) is 0 Å². The van der Waals surface area contributed by atoms with Crippen LogP contribution < -0.4 is 10.6 Å². The normalized spacial score (nSPS) is 19.2. The molecule has 3 N–H and O–H groups in total. The van der Waals surface area contributed by atoms with Gasteiger partial charge in [-0.2, -0.15) is 13.2 Å². The third-order valence-corrected chi connectivity index (χ3v) is 5.43. The Labute approximate surface area is 187 Å². The number of halogens is 3. The maximum atomic E-state index is 13.0. The van der Waals surface area contributed by atoms with E-state index in [1.54, 1.807) is 4.90 Å². The van der Waals surface area contributed by atoms with E-state index in [0.29, 0.717) is 32.5 Å². The number of rotatable bonds is 9. The highest BCUT2D eigenvalue weighted by Crippen LogP contribution is 2.29. The van der Waals surface area contributed by atoms with Crippen molar-refractivity contribution in [2.75, 3.05) is 19.6 Å². The zero-order valence-corrected chi connectivity index (χ0v) is 19.1. The molecule has 1 saturated heterocycles. The van der Waals surface area contributed by atoms with Gasteiger partial charge >= 0.3 is 6.18 Å². The summed E-state index contributed by atoms with van der Waals surface area (Å²) in [4.78, 5) is 27.1. The average Bonchev–Trinajstić information content (AvgIpc) is 3.04. The van der Waals surface area contributed by atoms with Gasteiger partial charge in [0.25, 0.3) is 5.91 Å². The highest BCUT2D eigenvalue weighted by Gasteiger charge is 2.39. The van der Waals surface area contributed by atoms with E-state index < -0.39 is 35.8 Å². The van der Waals surface area contributed by atoms with Gasteiger partial charge in [-0.3, -0.25) is 9.59 Å². The first-order valence-corrected chi connectivity index (χ1v) is 11.0. The van der Waals surface area contributed by atoms with E-state index in [1.165, 1.54) is 12.1 Å². The summed E-state index contributed by atoms with van der Waals surface area (Å²) in [6.07, 6.45) is -3.65. The van der Waals surface area contributed by atoms with Crippen molar-refractivity contribution in [1.82, 2.24) is 15.5 Å². The predicted molar refractivity (Wildman–Crippen MR) is 116 cm³/mol. The summed E-state index contributed by atoms with van der Waals surface area (Å²) >= 11 is 0. The first kappa shape index (κ1) is 26.1. The van der Waals surface area contributed by atoms with Crippen LogP contribution in [0.5, 0.6) is 0 Å². The minimum atomic E-state index is -4.56. The quantitative estimate of drug-likeness (QED) is 0.532. The molecule has 0 aromatic heterocycles. The van der Waals surface area contributed by atoms with Crippen LogP contribution in [0.1, 0.15) is 62.9 Å². The molecule has 1 heterocycles. The molecular weight excluding hydrogens is 423 g/mol. The summed E-state index contributed by atoms with van der Waals surface area (Å²) in [5, 5.41) is 16.5. The SMILES string of the molecule is CCC[C@H](O)[C@H](CNCC(C)(C)C)N1CC[C@H](NC(=O)c2cccc(C(F)(F)F)c2)C1=O. The number of aliphatic hydroxyl groups is 1. The number of carbonyl (C=O) groups is 2. The molecule has 9 heteroatoms. The summed E-state index contributed by atoms with van der Waals surface area (Å²) in [7, 11) is 0. The summed E-state index contributed by atoms with van der Waals surface area (Å²) in [6.45, 7) is 9.67. The molecule has 180 valence electrons. The largest absolute Gasteiger partial charge is 0.416 e. The minimum Gasteiger partial charge on any atom is -0.391 e. The Bertz CT molecular complexity index is 793. The molecule has 3 atom stereocenters. The van der Waals surface area contributed by atoms with Gasteiger partial charge in [0, 0.05) is 25.2 Å². The summed E-state index contributed by atoms with van der Waals surface area (Å²) in [5.41, 5.74) is -1.03. The van der Waals surface area contributed by atoms with E-state index in [9.17, 15) is 27.9 Å². The minimum absolute atomic E-state index is 0.0384. The summed E-state index contributed by atoms with van der Waals surface area (Å²) < 4.78 is 38.8. The second-order valence-electron chi connectivity index (χ2n) is 9.54. The van der Waals surface area contributed by atoms with E-state index in [0.717, 1.165) is 18.6 Å². The van der Waals surface area contributed by atoms with Crippen LogP contribution >= 0.6 is 0 Å². The Kier molecular flexibility index (Phi) is 8.70. The number of likely N-dealkylation sites (tertiary alicyclic amines) is 1. The Morgan fingerprint density at radius 2 is 1.97 bits per heavy atom.